The van der Waals surface area contributed by atoms with Crippen LogP contribution in [0.2, 0.25) is 0 Å². The van der Waals surface area contributed by atoms with Crippen LogP contribution in [0, 0.1) is 0 Å². The Hall–Kier alpha value is -2.89. The van der Waals surface area contributed by atoms with E-state index in [-0.39, 0.29) is 0 Å². The van der Waals surface area contributed by atoms with Gasteiger partial charge in [0.2, 0.25) is 0 Å². The molecule has 1 aliphatic carbocycles. The van der Waals surface area contributed by atoms with Crippen molar-refractivity contribution in [1.82, 2.24) is 14.6 Å². The highest BCUT2D eigenvalue weighted by molar-refractivity contribution is 5.93. The van der Waals surface area contributed by atoms with Gasteiger partial charge >= 0.3 is 0 Å². The number of anilines is 1. The molecule has 0 aliphatic heterocycles. The van der Waals surface area contributed by atoms with Crippen LogP contribution in [0.15, 0.2) is 47.6 Å². The Bertz CT molecular complexity index is 927. The van der Waals surface area contributed by atoms with Gasteiger partial charge in [0.15, 0.2) is 11.6 Å². The highest BCUT2D eigenvalue weighted by Gasteiger charge is 2.13. The summed E-state index contributed by atoms with van der Waals surface area (Å²) in [4.78, 5) is 4.47. The number of hydrogen-bond donors (Lipinski definition) is 2. The average Bonchev–Trinajstić information content (AvgIpc) is 3.09. The van der Waals surface area contributed by atoms with Gasteiger partial charge in [-0.15, -0.1) is 10.2 Å². The molecule has 0 radical (unpaired) electrons. The lowest BCUT2D eigenvalue weighted by Crippen LogP contribution is -2.24. The molecule has 2 heterocycles. The molecule has 6 heteroatoms. The van der Waals surface area contributed by atoms with Gasteiger partial charge in [0.1, 0.15) is 5.82 Å². The molecule has 1 aliphatic rings. The highest BCUT2D eigenvalue weighted by atomic mass is 15.2. The molecule has 0 atom stereocenters. The first kappa shape index (κ1) is 16.6. The second-order valence-electron chi connectivity index (χ2n) is 6.69. The van der Waals surface area contributed by atoms with Gasteiger partial charge in [-0.25, -0.2) is 0 Å². The molecule has 2 aromatic heterocycles. The third-order valence-corrected chi connectivity index (χ3v) is 4.88. The number of aryl methyl sites for hydroxylation is 2. The molecule has 0 spiro atoms. The third kappa shape index (κ3) is 3.54. The van der Waals surface area contributed by atoms with E-state index in [0.29, 0.717) is 12.5 Å². The Balaban J connectivity index is 1.34. The number of guanidine groups is 1. The van der Waals surface area contributed by atoms with Crippen molar-refractivity contribution in [2.45, 2.75) is 38.5 Å². The molecule has 1 aromatic carbocycles. The van der Waals surface area contributed by atoms with Crippen LogP contribution < -0.4 is 11.1 Å². The lowest BCUT2D eigenvalue weighted by Gasteiger charge is -2.19. The summed E-state index contributed by atoms with van der Waals surface area (Å²) in [5, 5.41) is 11.7. The van der Waals surface area contributed by atoms with Gasteiger partial charge in [-0.1, -0.05) is 18.2 Å². The fourth-order valence-electron chi connectivity index (χ4n) is 3.57. The molecule has 3 aromatic rings. The van der Waals surface area contributed by atoms with Crippen molar-refractivity contribution in [2.24, 2.45) is 10.7 Å². The molecule has 0 saturated carbocycles. The summed E-state index contributed by atoms with van der Waals surface area (Å²) in [5.41, 5.74) is 10.9. The Labute approximate surface area is 153 Å². The summed E-state index contributed by atoms with van der Waals surface area (Å²) in [5.74, 6) is 1.44. The number of pyridine rings is 1. The molecule has 0 unspecified atom stereocenters. The van der Waals surface area contributed by atoms with Crippen LogP contribution in [-0.4, -0.2) is 27.1 Å². The summed E-state index contributed by atoms with van der Waals surface area (Å²) in [6.45, 7) is 0.662. The molecular formula is C20H24N6. The van der Waals surface area contributed by atoms with Crippen molar-refractivity contribution in [3.05, 3.63) is 59.5 Å². The molecule has 4 rings (SSSR count). The van der Waals surface area contributed by atoms with Crippen LogP contribution >= 0.6 is 0 Å². The van der Waals surface area contributed by atoms with E-state index in [2.05, 4.69) is 38.7 Å². The number of nitrogens with zero attached hydrogens (tertiary/aromatic N) is 4. The number of aliphatic imine (C=N–C) groups is 1. The normalized spacial score (nSPS) is 14.4. The second-order valence-corrected chi connectivity index (χ2v) is 6.69. The zero-order valence-corrected chi connectivity index (χ0v) is 14.9. The smallest absolute Gasteiger partial charge is 0.193 e. The molecule has 0 amide bonds. The van der Waals surface area contributed by atoms with Gasteiger partial charge < -0.3 is 11.1 Å². The summed E-state index contributed by atoms with van der Waals surface area (Å²) in [6, 6.07) is 12.3. The highest BCUT2D eigenvalue weighted by Crippen LogP contribution is 2.27. The number of benzene rings is 1. The minimum atomic E-state index is 0.482. The van der Waals surface area contributed by atoms with E-state index in [4.69, 9.17) is 5.73 Å². The number of rotatable bonds is 5. The van der Waals surface area contributed by atoms with Crippen LogP contribution in [0.3, 0.4) is 0 Å². The predicted octanol–water partition coefficient (Wildman–Crippen LogP) is 2.97. The maximum Gasteiger partial charge on any atom is 0.193 e. The lowest BCUT2D eigenvalue weighted by atomic mass is 9.90. The maximum absolute atomic E-state index is 6.09. The van der Waals surface area contributed by atoms with Crippen LogP contribution in [0.25, 0.3) is 5.65 Å². The van der Waals surface area contributed by atoms with Crippen molar-refractivity contribution in [3.63, 3.8) is 0 Å². The average molecular weight is 348 g/mol. The van der Waals surface area contributed by atoms with E-state index in [9.17, 15) is 0 Å². The number of aromatic nitrogens is 3. The van der Waals surface area contributed by atoms with E-state index >= 15 is 0 Å². The summed E-state index contributed by atoms with van der Waals surface area (Å²) in [7, 11) is 0. The third-order valence-electron chi connectivity index (χ3n) is 4.88. The second kappa shape index (κ2) is 7.56. The standard InChI is InChI=1S/C20H24N6/c21-20(23-17-10-5-8-15-7-1-2-9-16(15)17)22-13-6-12-19-25-24-18-11-3-4-14-26(18)19/h3-5,8,10-11,14H,1-2,6-7,9,12-13H2,(H3,21,22,23). The first-order valence-electron chi connectivity index (χ1n) is 9.27. The zero-order valence-electron chi connectivity index (χ0n) is 14.9. The van der Waals surface area contributed by atoms with Crippen LogP contribution in [0.5, 0.6) is 0 Å². The molecule has 0 saturated heterocycles. The quantitative estimate of drug-likeness (QED) is 0.422. The summed E-state index contributed by atoms with van der Waals surface area (Å²) >= 11 is 0. The van der Waals surface area contributed by atoms with E-state index in [0.717, 1.165) is 42.8 Å². The Kier molecular flexibility index (Phi) is 4.82. The minimum Gasteiger partial charge on any atom is -0.370 e. The van der Waals surface area contributed by atoms with Gasteiger partial charge in [0.25, 0.3) is 0 Å². The summed E-state index contributed by atoms with van der Waals surface area (Å²) < 4.78 is 2.02. The maximum atomic E-state index is 6.09. The van der Waals surface area contributed by atoms with Crippen molar-refractivity contribution in [3.8, 4) is 0 Å². The SMILES string of the molecule is NC(=NCCCc1nnc2ccccn12)Nc1cccc2c1CCCC2. The van der Waals surface area contributed by atoms with E-state index in [1.807, 2.05) is 28.8 Å². The number of nitrogens with two attached hydrogens (primary N) is 1. The van der Waals surface area contributed by atoms with Gasteiger partial charge in [-0.3, -0.25) is 9.39 Å². The Morgan fingerprint density at radius 3 is 3.00 bits per heavy atom. The molecule has 26 heavy (non-hydrogen) atoms. The molecule has 134 valence electrons. The van der Waals surface area contributed by atoms with Gasteiger partial charge in [-0.2, -0.15) is 0 Å². The first-order valence-corrected chi connectivity index (χ1v) is 9.27. The van der Waals surface area contributed by atoms with Crippen LogP contribution in [-0.2, 0) is 19.3 Å². The van der Waals surface area contributed by atoms with Crippen molar-refractivity contribution in [1.29, 1.82) is 0 Å². The lowest BCUT2D eigenvalue weighted by molar-refractivity contribution is 0.687. The molecule has 0 fully saturated rings. The van der Waals surface area contributed by atoms with Crippen molar-refractivity contribution >= 4 is 17.3 Å². The number of nitrogens with one attached hydrogen (secondary N) is 1. The Morgan fingerprint density at radius 2 is 2.04 bits per heavy atom. The largest absolute Gasteiger partial charge is 0.370 e. The van der Waals surface area contributed by atoms with Gasteiger partial charge in [-0.05, 0) is 61.4 Å². The monoisotopic (exact) mass is 348 g/mol. The number of fused-ring (bicyclic) bond motifs is 2. The topological polar surface area (TPSA) is 80.6 Å². The van der Waals surface area contributed by atoms with Crippen LogP contribution in [0.4, 0.5) is 5.69 Å². The fourth-order valence-corrected chi connectivity index (χ4v) is 3.57. The number of hydrogen-bond acceptors (Lipinski definition) is 3. The van der Waals surface area contributed by atoms with Crippen molar-refractivity contribution < 1.29 is 0 Å². The zero-order chi connectivity index (χ0) is 17.8. The molecule has 0 bridgehead atoms. The fraction of sp³-hybridized carbons (Fsp3) is 0.350. The Morgan fingerprint density at radius 1 is 1.12 bits per heavy atom. The van der Waals surface area contributed by atoms with Gasteiger partial charge in [0.05, 0.1) is 0 Å². The van der Waals surface area contributed by atoms with E-state index in [1.165, 1.54) is 24.0 Å². The van der Waals surface area contributed by atoms with Crippen LogP contribution in [0.1, 0.15) is 36.2 Å². The summed E-state index contributed by atoms with van der Waals surface area (Å²) in [6.07, 6.45) is 8.49. The molecular weight excluding hydrogens is 324 g/mol. The minimum absolute atomic E-state index is 0.482. The predicted molar refractivity (Wildman–Crippen MR) is 105 cm³/mol. The van der Waals surface area contributed by atoms with Crippen molar-refractivity contribution in [2.75, 3.05) is 11.9 Å². The van der Waals surface area contributed by atoms with Gasteiger partial charge in [0, 0.05) is 24.8 Å². The van der Waals surface area contributed by atoms with E-state index in [1.54, 1.807) is 0 Å². The molecule has 6 nitrogen and oxygen atoms in total. The first-order chi connectivity index (χ1) is 12.8. The molecule has 3 N–H and O–H groups in total. The van der Waals surface area contributed by atoms with E-state index < -0.39 is 0 Å².